The highest BCUT2D eigenvalue weighted by atomic mass is 35.5. The van der Waals surface area contributed by atoms with Gasteiger partial charge in [0.15, 0.2) is 5.78 Å². The van der Waals surface area contributed by atoms with Crippen molar-refractivity contribution in [3.8, 4) is 0 Å². The monoisotopic (exact) mass is 359 g/mol. The van der Waals surface area contributed by atoms with E-state index in [1.807, 2.05) is 11.9 Å². The SMILES string of the molecule is CN1CCN(c2ccc(C(=O)c3ccc(Cl)cc3)cc2[N+](=O)[O-])CC1. The van der Waals surface area contributed by atoms with E-state index < -0.39 is 4.92 Å². The van der Waals surface area contributed by atoms with E-state index >= 15 is 0 Å². The zero-order valence-corrected chi connectivity index (χ0v) is 14.6. The minimum Gasteiger partial charge on any atom is -0.363 e. The van der Waals surface area contributed by atoms with Gasteiger partial charge in [0.05, 0.1) is 4.92 Å². The van der Waals surface area contributed by atoms with Gasteiger partial charge in [0.2, 0.25) is 0 Å². The summed E-state index contributed by atoms with van der Waals surface area (Å²) < 4.78 is 0. The van der Waals surface area contributed by atoms with Crippen LogP contribution in [0.25, 0.3) is 0 Å². The number of benzene rings is 2. The summed E-state index contributed by atoms with van der Waals surface area (Å²) in [6.07, 6.45) is 0. The molecule has 0 saturated carbocycles. The molecule has 2 aromatic carbocycles. The molecule has 7 heteroatoms. The lowest BCUT2D eigenvalue weighted by molar-refractivity contribution is -0.384. The van der Waals surface area contributed by atoms with Crippen molar-refractivity contribution in [1.29, 1.82) is 0 Å². The Morgan fingerprint density at radius 2 is 1.64 bits per heavy atom. The highest BCUT2D eigenvalue weighted by molar-refractivity contribution is 6.30. The van der Waals surface area contributed by atoms with Gasteiger partial charge in [0, 0.05) is 48.4 Å². The summed E-state index contributed by atoms with van der Waals surface area (Å²) in [6, 6.07) is 11.2. The second-order valence-corrected chi connectivity index (χ2v) is 6.52. The van der Waals surface area contributed by atoms with Gasteiger partial charge in [-0.15, -0.1) is 0 Å². The Morgan fingerprint density at radius 3 is 2.24 bits per heavy atom. The summed E-state index contributed by atoms with van der Waals surface area (Å²) in [5.74, 6) is -0.260. The van der Waals surface area contributed by atoms with Crippen LogP contribution in [0.5, 0.6) is 0 Å². The first-order valence-corrected chi connectivity index (χ1v) is 8.35. The molecule has 0 spiro atoms. The van der Waals surface area contributed by atoms with E-state index in [0.717, 1.165) is 26.2 Å². The smallest absolute Gasteiger partial charge is 0.293 e. The number of carbonyl (C=O) groups excluding carboxylic acids is 1. The summed E-state index contributed by atoms with van der Waals surface area (Å²) in [7, 11) is 2.03. The van der Waals surface area contributed by atoms with Crippen LogP contribution in [0.1, 0.15) is 15.9 Å². The van der Waals surface area contributed by atoms with Gasteiger partial charge in [-0.2, -0.15) is 0 Å². The van der Waals surface area contributed by atoms with Crippen LogP contribution in [0.15, 0.2) is 42.5 Å². The van der Waals surface area contributed by atoms with Crippen LogP contribution in [0.2, 0.25) is 5.02 Å². The number of carbonyl (C=O) groups is 1. The normalized spacial score (nSPS) is 15.2. The summed E-state index contributed by atoms with van der Waals surface area (Å²) in [5.41, 5.74) is 1.27. The molecule has 3 rings (SSSR count). The molecule has 1 aliphatic rings. The number of nitro benzene ring substituents is 1. The third-order valence-electron chi connectivity index (χ3n) is 4.38. The average Bonchev–Trinajstić information content (AvgIpc) is 2.62. The van der Waals surface area contributed by atoms with Crippen LogP contribution in [0, 0.1) is 10.1 Å². The first-order valence-electron chi connectivity index (χ1n) is 7.98. The Bertz CT molecular complexity index is 800. The predicted octanol–water partition coefficient (Wildman–Crippen LogP) is 3.23. The van der Waals surface area contributed by atoms with E-state index in [-0.39, 0.29) is 11.5 Å². The first kappa shape index (κ1) is 17.4. The van der Waals surface area contributed by atoms with Gasteiger partial charge in [-0.05, 0) is 43.4 Å². The minimum atomic E-state index is -0.424. The van der Waals surface area contributed by atoms with Crippen molar-refractivity contribution in [3.63, 3.8) is 0 Å². The largest absolute Gasteiger partial charge is 0.363 e. The highest BCUT2D eigenvalue weighted by Gasteiger charge is 2.24. The van der Waals surface area contributed by atoms with E-state index in [1.54, 1.807) is 36.4 Å². The van der Waals surface area contributed by atoms with Crippen molar-refractivity contribution in [1.82, 2.24) is 4.90 Å². The summed E-state index contributed by atoms with van der Waals surface area (Å²) >= 11 is 5.84. The molecule has 25 heavy (non-hydrogen) atoms. The number of anilines is 1. The van der Waals surface area contributed by atoms with Crippen LogP contribution >= 0.6 is 11.6 Å². The molecule has 0 bridgehead atoms. The Hall–Kier alpha value is -2.44. The van der Waals surface area contributed by atoms with E-state index in [9.17, 15) is 14.9 Å². The quantitative estimate of drug-likeness (QED) is 0.476. The maximum atomic E-state index is 12.6. The molecule has 6 nitrogen and oxygen atoms in total. The molecule has 0 amide bonds. The van der Waals surface area contributed by atoms with Crippen LogP contribution in [-0.2, 0) is 0 Å². The maximum Gasteiger partial charge on any atom is 0.293 e. The summed E-state index contributed by atoms with van der Waals surface area (Å²) in [5, 5.41) is 12.1. The third-order valence-corrected chi connectivity index (χ3v) is 4.64. The molecule has 2 aromatic rings. The lowest BCUT2D eigenvalue weighted by Crippen LogP contribution is -2.44. The number of ketones is 1. The molecule has 1 saturated heterocycles. The van der Waals surface area contributed by atoms with Gasteiger partial charge < -0.3 is 9.80 Å². The molecule has 0 radical (unpaired) electrons. The molecule has 0 unspecified atom stereocenters. The van der Waals surface area contributed by atoms with Gasteiger partial charge >= 0.3 is 0 Å². The molecule has 1 fully saturated rings. The fourth-order valence-corrected chi connectivity index (χ4v) is 3.02. The molecule has 0 N–H and O–H groups in total. The van der Waals surface area contributed by atoms with Crippen molar-refractivity contribution in [3.05, 3.63) is 68.7 Å². The molecule has 130 valence electrons. The second-order valence-electron chi connectivity index (χ2n) is 6.09. The zero-order chi connectivity index (χ0) is 18.0. The third kappa shape index (κ3) is 3.81. The summed E-state index contributed by atoms with van der Waals surface area (Å²) in [4.78, 5) is 27.9. The molecule has 0 aromatic heterocycles. The van der Waals surface area contributed by atoms with E-state index in [4.69, 9.17) is 11.6 Å². The van der Waals surface area contributed by atoms with Crippen LogP contribution < -0.4 is 4.90 Å². The van der Waals surface area contributed by atoms with Crippen molar-refractivity contribution >= 4 is 28.8 Å². The Labute approximate surface area is 150 Å². The van der Waals surface area contributed by atoms with Gasteiger partial charge in [0.25, 0.3) is 5.69 Å². The molecule has 1 aliphatic heterocycles. The molecule has 0 atom stereocenters. The molecule has 0 aliphatic carbocycles. The van der Waals surface area contributed by atoms with Crippen molar-refractivity contribution in [2.45, 2.75) is 0 Å². The summed E-state index contributed by atoms with van der Waals surface area (Å²) in [6.45, 7) is 3.15. The number of nitro groups is 1. The number of piperazine rings is 1. The van der Waals surface area contributed by atoms with E-state index in [2.05, 4.69) is 4.90 Å². The maximum absolute atomic E-state index is 12.6. The van der Waals surface area contributed by atoms with Crippen LogP contribution in [0.3, 0.4) is 0 Å². The lowest BCUT2D eigenvalue weighted by Gasteiger charge is -2.33. The number of halogens is 1. The van der Waals surface area contributed by atoms with Crippen LogP contribution in [0.4, 0.5) is 11.4 Å². The average molecular weight is 360 g/mol. The number of hydrogen-bond donors (Lipinski definition) is 0. The van der Waals surface area contributed by atoms with Gasteiger partial charge in [-0.3, -0.25) is 14.9 Å². The fourth-order valence-electron chi connectivity index (χ4n) is 2.89. The number of nitrogens with zero attached hydrogens (tertiary/aromatic N) is 3. The molecular formula is C18H18ClN3O3. The minimum absolute atomic E-state index is 0.0376. The molecular weight excluding hydrogens is 342 g/mol. The number of likely N-dealkylation sites (N-methyl/N-ethyl adjacent to an activating group) is 1. The number of hydrogen-bond acceptors (Lipinski definition) is 5. The Balaban J connectivity index is 1.92. The topological polar surface area (TPSA) is 66.7 Å². The standard InChI is InChI=1S/C18H18ClN3O3/c1-20-8-10-21(11-9-20)16-7-4-14(12-17(16)22(24)25)18(23)13-2-5-15(19)6-3-13/h2-7,12H,8-11H2,1H3. The second kappa shape index (κ2) is 7.21. The Kier molecular flexibility index (Phi) is 5.01. The van der Waals surface area contributed by atoms with Crippen molar-refractivity contribution in [2.24, 2.45) is 0 Å². The van der Waals surface area contributed by atoms with E-state index in [0.29, 0.717) is 21.8 Å². The van der Waals surface area contributed by atoms with Gasteiger partial charge in [0.1, 0.15) is 5.69 Å². The van der Waals surface area contributed by atoms with Gasteiger partial charge in [-0.25, -0.2) is 0 Å². The van der Waals surface area contributed by atoms with E-state index in [1.165, 1.54) is 6.07 Å². The molecule has 1 heterocycles. The number of rotatable bonds is 4. The van der Waals surface area contributed by atoms with Crippen molar-refractivity contribution < 1.29 is 9.72 Å². The fraction of sp³-hybridized carbons (Fsp3) is 0.278. The first-order chi connectivity index (χ1) is 12.0. The highest BCUT2D eigenvalue weighted by Crippen LogP contribution is 2.31. The van der Waals surface area contributed by atoms with Gasteiger partial charge in [-0.1, -0.05) is 11.6 Å². The Morgan fingerprint density at radius 1 is 1.04 bits per heavy atom. The van der Waals surface area contributed by atoms with Crippen molar-refractivity contribution in [2.75, 3.05) is 38.1 Å². The van der Waals surface area contributed by atoms with Crippen LogP contribution in [-0.4, -0.2) is 48.8 Å². The zero-order valence-electron chi connectivity index (χ0n) is 13.8. The lowest BCUT2D eigenvalue weighted by atomic mass is 10.0. The predicted molar refractivity (Wildman–Crippen MR) is 97.7 cm³/mol.